The van der Waals surface area contributed by atoms with Gasteiger partial charge in [0.25, 0.3) is 11.8 Å². The predicted octanol–water partition coefficient (Wildman–Crippen LogP) is 2.22. The molecule has 8 nitrogen and oxygen atoms in total. The van der Waals surface area contributed by atoms with Gasteiger partial charge in [0, 0.05) is 28.2 Å². The van der Waals surface area contributed by atoms with Gasteiger partial charge in [0.05, 0.1) is 18.9 Å². The molecule has 5 rings (SSSR count). The highest BCUT2D eigenvalue weighted by Crippen LogP contribution is 2.56. The van der Waals surface area contributed by atoms with Gasteiger partial charge in [0.15, 0.2) is 23.1 Å². The van der Waals surface area contributed by atoms with Gasteiger partial charge in [-0.3, -0.25) is 24.4 Å². The van der Waals surface area contributed by atoms with E-state index in [1.807, 2.05) is 6.08 Å². The molecule has 164 valence electrons. The van der Waals surface area contributed by atoms with Crippen molar-refractivity contribution < 1.29 is 34.2 Å². The summed E-state index contributed by atoms with van der Waals surface area (Å²) < 4.78 is 5.24. The lowest BCUT2D eigenvalue weighted by atomic mass is 9.59. The highest BCUT2D eigenvalue weighted by molar-refractivity contribution is 6.23. The molecule has 0 spiro atoms. The van der Waals surface area contributed by atoms with E-state index in [0.717, 1.165) is 0 Å². The SMILES string of the molecule is COc1cccc([C@H]2C3=CC[C@@H]4C(=O)N(O)C(=O)[C@@H]4[C@@H]3CC3=C2C(=O)C=C(C)C3=O)c1O. The van der Waals surface area contributed by atoms with Crippen LogP contribution in [0.1, 0.15) is 31.2 Å². The highest BCUT2D eigenvalue weighted by atomic mass is 16.5. The summed E-state index contributed by atoms with van der Waals surface area (Å²) in [7, 11) is 1.41. The van der Waals surface area contributed by atoms with Crippen LogP contribution in [0.2, 0.25) is 0 Å². The van der Waals surface area contributed by atoms with Crippen molar-refractivity contribution >= 4 is 23.4 Å². The number of carbonyl (C=O) groups excluding carboxylic acids is 4. The second-order valence-corrected chi connectivity index (χ2v) is 8.62. The number of ketones is 2. The molecular formula is C24H21NO7. The van der Waals surface area contributed by atoms with Gasteiger partial charge in [0.2, 0.25) is 0 Å². The van der Waals surface area contributed by atoms with E-state index in [2.05, 4.69) is 0 Å². The maximum Gasteiger partial charge on any atom is 0.257 e. The standard InChI is InChI=1S/C24H21NO7/c1-10-8-16(26)20-15(21(10)27)9-14-11(6-7-13-19(14)24(30)25(31)23(13)29)18(20)12-4-3-5-17(32-2)22(12)28/h3-6,8,13-14,18-19,28,31H,7,9H2,1-2H3/t13-,14+,18+,19-/m0/s1. The Morgan fingerprint density at radius 1 is 1.09 bits per heavy atom. The van der Waals surface area contributed by atoms with Crippen LogP contribution >= 0.6 is 0 Å². The van der Waals surface area contributed by atoms with Crippen LogP contribution in [0.4, 0.5) is 0 Å². The average Bonchev–Trinajstić information content (AvgIpc) is 3.00. The second-order valence-electron chi connectivity index (χ2n) is 8.62. The zero-order valence-corrected chi connectivity index (χ0v) is 17.5. The zero-order chi connectivity index (χ0) is 22.9. The van der Waals surface area contributed by atoms with Crippen molar-refractivity contribution in [3.05, 3.63) is 58.2 Å². The van der Waals surface area contributed by atoms with Crippen molar-refractivity contribution in [1.29, 1.82) is 0 Å². The number of para-hydroxylation sites is 1. The number of methoxy groups -OCH3 is 1. The summed E-state index contributed by atoms with van der Waals surface area (Å²) in [5.41, 5.74) is 1.96. The smallest absolute Gasteiger partial charge is 0.257 e. The van der Waals surface area contributed by atoms with Gasteiger partial charge in [-0.05, 0) is 37.8 Å². The lowest BCUT2D eigenvalue weighted by Gasteiger charge is -2.42. The highest BCUT2D eigenvalue weighted by Gasteiger charge is 2.56. The molecule has 1 fully saturated rings. The molecule has 0 unspecified atom stereocenters. The molecule has 2 N–H and O–H groups in total. The van der Waals surface area contributed by atoms with E-state index in [1.165, 1.54) is 13.2 Å². The topological polar surface area (TPSA) is 121 Å². The van der Waals surface area contributed by atoms with Crippen molar-refractivity contribution in [2.24, 2.45) is 17.8 Å². The summed E-state index contributed by atoms with van der Waals surface area (Å²) >= 11 is 0. The third-order valence-electron chi connectivity index (χ3n) is 7.10. The van der Waals surface area contributed by atoms with E-state index in [0.29, 0.717) is 22.3 Å². The Labute approximate surface area is 183 Å². The van der Waals surface area contributed by atoms with Crippen molar-refractivity contribution in [2.75, 3.05) is 7.11 Å². The Balaban J connectivity index is 1.74. The lowest BCUT2D eigenvalue weighted by Crippen LogP contribution is -2.39. The number of Topliss-reactive ketones (excluding diaryl/α,β-unsaturated/α-hetero) is 1. The Kier molecular flexibility index (Phi) is 4.46. The van der Waals surface area contributed by atoms with Crippen LogP contribution in [0.25, 0.3) is 0 Å². The van der Waals surface area contributed by atoms with Crippen LogP contribution in [0.3, 0.4) is 0 Å². The molecule has 4 aliphatic rings. The Morgan fingerprint density at radius 3 is 2.56 bits per heavy atom. The minimum absolute atomic E-state index is 0.117. The summed E-state index contributed by atoms with van der Waals surface area (Å²) in [6.07, 6.45) is 3.45. The van der Waals surface area contributed by atoms with E-state index < -0.39 is 35.5 Å². The van der Waals surface area contributed by atoms with E-state index in [4.69, 9.17) is 4.74 Å². The van der Waals surface area contributed by atoms with Crippen LogP contribution in [-0.2, 0) is 19.2 Å². The van der Waals surface area contributed by atoms with Crippen LogP contribution < -0.4 is 4.74 Å². The van der Waals surface area contributed by atoms with Crippen LogP contribution in [0.15, 0.2) is 52.6 Å². The number of fused-ring (bicyclic) bond motifs is 3. The zero-order valence-electron chi connectivity index (χ0n) is 17.5. The van der Waals surface area contributed by atoms with Crippen molar-refractivity contribution in [1.82, 2.24) is 5.06 Å². The van der Waals surface area contributed by atoms with Gasteiger partial charge in [-0.1, -0.05) is 23.8 Å². The lowest BCUT2D eigenvalue weighted by molar-refractivity contribution is -0.173. The van der Waals surface area contributed by atoms with Gasteiger partial charge >= 0.3 is 0 Å². The number of benzene rings is 1. The minimum Gasteiger partial charge on any atom is -0.504 e. The largest absolute Gasteiger partial charge is 0.504 e. The third-order valence-corrected chi connectivity index (χ3v) is 7.10. The summed E-state index contributed by atoms with van der Waals surface area (Å²) in [5.74, 6) is -4.76. The molecule has 1 heterocycles. The monoisotopic (exact) mass is 435 g/mol. The van der Waals surface area contributed by atoms with E-state index in [1.54, 1.807) is 25.1 Å². The number of carbonyl (C=O) groups is 4. The summed E-state index contributed by atoms with van der Waals surface area (Å²) in [5, 5.41) is 21.0. The minimum atomic E-state index is -0.828. The number of rotatable bonds is 2. The number of ether oxygens (including phenoxy) is 1. The molecule has 3 aliphatic carbocycles. The van der Waals surface area contributed by atoms with Gasteiger partial charge in [-0.15, -0.1) is 0 Å². The molecule has 1 aromatic rings. The third kappa shape index (κ3) is 2.59. The molecular weight excluding hydrogens is 414 g/mol. The molecule has 1 saturated heterocycles. The number of hydroxylamine groups is 2. The fourth-order valence-corrected chi connectivity index (χ4v) is 5.66. The van der Waals surface area contributed by atoms with Crippen molar-refractivity contribution in [2.45, 2.75) is 25.7 Å². The van der Waals surface area contributed by atoms with Gasteiger partial charge in [-0.25, -0.2) is 0 Å². The first-order valence-corrected chi connectivity index (χ1v) is 10.4. The number of nitrogens with zero attached hydrogens (tertiary/aromatic N) is 1. The average molecular weight is 435 g/mol. The number of hydrogen-bond donors (Lipinski definition) is 2. The molecule has 1 aliphatic heterocycles. The predicted molar refractivity (Wildman–Crippen MR) is 110 cm³/mol. The number of amides is 2. The molecule has 0 bridgehead atoms. The number of phenols is 1. The van der Waals surface area contributed by atoms with Crippen molar-refractivity contribution in [3.63, 3.8) is 0 Å². The molecule has 8 heteroatoms. The maximum absolute atomic E-state index is 13.1. The van der Waals surface area contributed by atoms with Crippen LogP contribution in [0, 0.1) is 17.8 Å². The number of hydrogen-bond acceptors (Lipinski definition) is 7. The number of aromatic hydroxyl groups is 1. The number of phenolic OH excluding ortho intramolecular Hbond substituents is 1. The summed E-state index contributed by atoms with van der Waals surface area (Å²) in [6, 6.07) is 4.92. The Hall–Kier alpha value is -3.52. The van der Waals surface area contributed by atoms with Crippen LogP contribution in [0.5, 0.6) is 11.5 Å². The van der Waals surface area contributed by atoms with Crippen LogP contribution in [-0.4, -0.2) is 45.9 Å². The maximum atomic E-state index is 13.1. The Morgan fingerprint density at radius 2 is 1.84 bits per heavy atom. The number of imide groups is 1. The van der Waals surface area contributed by atoms with E-state index >= 15 is 0 Å². The van der Waals surface area contributed by atoms with Gasteiger partial charge < -0.3 is 9.84 Å². The summed E-state index contributed by atoms with van der Waals surface area (Å²) in [6.45, 7) is 1.57. The van der Waals surface area contributed by atoms with Gasteiger partial charge in [0.1, 0.15) is 0 Å². The first kappa shape index (κ1) is 20.4. The molecule has 0 radical (unpaired) electrons. The first-order valence-electron chi connectivity index (χ1n) is 10.4. The van der Waals surface area contributed by atoms with E-state index in [-0.39, 0.29) is 46.5 Å². The molecule has 2 amide bonds. The normalized spacial score (nSPS) is 29.4. The molecule has 1 aromatic carbocycles. The molecule has 0 saturated carbocycles. The molecule has 0 aromatic heterocycles. The molecule has 32 heavy (non-hydrogen) atoms. The van der Waals surface area contributed by atoms with E-state index in [9.17, 15) is 29.5 Å². The fourth-order valence-electron chi connectivity index (χ4n) is 5.66. The Bertz CT molecular complexity index is 1200. The second kappa shape index (κ2) is 7.00. The molecule has 4 atom stereocenters. The first-order chi connectivity index (χ1) is 15.3. The van der Waals surface area contributed by atoms with Gasteiger partial charge in [-0.2, -0.15) is 5.06 Å². The quantitative estimate of drug-likeness (QED) is 0.316. The number of allylic oxidation sites excluding steroid dienone is 6. The van der Waals surface area contributed by atoms with Crippen molar-refractivity contribution in [3.8, 4) is 11.5 Å². The fraction of sp³-hybridized carbons (Fsp3) is 0.333. The summed E-state index contributed by atoms with van der Waals surface area (Å²) in [4.78, 5) is 51.3.